The molecule has 4 rings (SSSR count). The second kappa shape index (κ2) is 8.67. The number of carbonyl (C=O) groups excluding carboxylic acids is 1. The van der Waals surface area contributed by atoms with Crippen LogP contribution in [0.3, 0.4) is 0 Å². The molecule has 4 aromatic rings. The topological polar surface area (TPSA) is 86.0 Å². The van der Waals surface area contributed by atoms with E-state index in [1.165, 1.54) is 11.8 Å². The maximum atomic E-state index is 13.9. The lowest BCUT2D eigenvalue weighted by molar-refractivity contribution is -0.116. The summed E-state index contributed by atoms with van der Waals surface area (Å²) in [6, 6.07) is 9.44. The fraction of sp³-hybridized carbons (Fsp3) is 0.143. The van der Waals surface area contributed by atoms with Gasteiger partial charge >= 0.3 is 5.69 Å². The molecule has 0 aliphatic carbocycles. The van der Waals surface area contributed by atoms with E-state index in [9.17, 15) is 23.2 Å². The highest BCUT2D eigenvalue weighted by Crippen LogP contribution is 2.25. The molecule has 0 aliphatic heterocycles. The largest absolute Gasteiger partial charge is 0.337 e. The summed E-state index contributed by atoms with van der Waals surface area (Å²) in [5.41, 5.74) is -0.306. The van der Waals surface area contributed by atoms with E-state index >= 15 is 0 Å². The van der Waals surface area contributed by atoms with Crippen molar-refractivity contribution in [2.45, 2.75) is 17.8 Å². The number of nitrogens with one attached hydrogen (secondary N) is 1. The summed E-state index contributed by atoms with van der Waals surface area (Å²) in [4.78, 5) is 43.3. The Morgan fingerprint density at radius 3 is 2.56 bits per heavy atom. The standard InChI is InChI=1S/C21H16F2N4O3S2/c1-11-3-6-13(7-4-11)27-19(29)17-18(25-20(31-2)32-17)26(21(27)30)10-16(28)24-15-9-12(22)5-8-14(15)23/h3-9H,10H2,1-2H3,(H,24,28). The van der Waals surface area contributed by atoms with Gasteiger partial charge in [-0.2, -0.15) is 0 Å². The number of carbonyl (C=O) groups is 1. The van der Waals surface area contributed by atoms with Gasteiger partial charge < -0.3 is 5.32 Å². The molecule has 0 radical (unpaired) electrons. The molecular formula is C21H16F2N4O3S2. The van der Waals surface area contributed by atoms with E-state index in [1.54, 1.807) is 30.5 Å². The Balaban J connectivity index is 1.84. The lowest BCUT2D eigenvalue weighted by Crippen LogP contribution is -2.40. The van der Waals surface area contributed by atoms with Crippen molar-refractivity contribution in [2.24, 2.45) is 0 Å². The van der Waals surface area contributed by atoms with Crippen LogP contribution < -0.4 is 16.6 Å². The zero-order valence-electron chi connectivity index (χ0n) is 16.9. The van der Waals surface area contributed by atoms with Gasteiger partial charge in [0.05, 0.1) is 11.4 Å². The summed E-state index contributed by atoms with van der Waals surface area (Å²) in [6.45, 7) is 1.33. The Morgan fingerprint density at radius 1 is 1.16 bits per heavy atom. The number of anilines is 1. The fourth-order valence-electron chi connectivity index (χ4n) is 3.09. The van der Waals surface area contributed by atoms with Gasteiger partial charge in [-0.15, -0.1) is 11.3 Å². The van der Waals surface area contributed by atoms with Gasteiger partial charge in [-0.05, 0) is 37.4 Å². The van der Waals surface area contributed by atoms with E-state index in [0.29, 0.717) is 10.0 Å². The quantitative estimate of drug-likeness (QED) is 0.447. The lowest BCUT2D eigenvalue weighted by atomic mass is 10.2. The van der Waals surface area contributed by atoms with Crippen LogP contribution in [0.25, 0.3) is 16.0 Å². The predicted octanol–water partition coefficient (Wildman–Crippen LogP) is 3.56. The third-order valence-electron chi connectivity index (χ3n) is 4.64. The van der Waals surface area contributed by atoms with Crippen LogP contribution in [-0.2, 0) is 11.3 Å². The van der Waals surface area contributed by atoms with Crippen LogP contribution in [0.1, 0.15) is 5.56 Å². The zero-order valence-corrected chi connectivity index (χ0v) is 18.5. The monoisotopic (exact) mass is 474 g/mol. The predicted molar refractivity (Wildman–Crippen MR) is 121 cm³/mol. The highest BCUT2D eigenvalue weighted by atomic mass is 32.2. The zero-order chi connectivity index (χ0) is 23.0. The van der Waals surface area contributed by atoms with E-state index in [2.05, 4.69) is 10.3 Å². The minimum Gasteiger partial charge on any atom is -0.322 e. The molecule has 0 aliphatic rings. The molecule has 11 heteroatoms. The molecular weight excluding hydrogens is 458 g/mol. The second-order valence-corrected chi connectivity index (χ2v) is 8.91. The van der Waals surface area contributed by atoms with Crippen molar-refractivity contribution in [3.8, 4) is 5.69 Å². The molecule has 1 N–H and O–H groups in total. The van der Waals surface area contributed by atoms with Crippen LogP contribution in [0.15, 0.2) is 56.4 Å². The number of halogens is 2. The summed E-state index contributed by atoms with van der Waals surface area (Å²) >= 11 is 2.41. The molecule has 0 bridgehead atoms. The van der Waals surface area contributed by atoms with E-state index in [-0.39, 0.29) is 16.0 Å². The first-order chi connectivity index (χ1) is 15.3. The summed E-state index contributed by atoms with van der Waals surface area (Å²) in [5, 5.41) is 2.26. The fourth-order valence-corrected chi connectivity index (χ4v) is 4.59. The number of benzene rings is 2. The molecule has 0 fully saturated rings. The highest BCUT2D eigenvalue weighted by molar-refractivity contribution is 8.00. The maximum absolute atomic E-state index is 13.9. The van der Waals surface area contributed by atoms with Crippen LogP contribution in [0, 0.1) is 18.6 Å². The van der Waals surface area contributed by atoms with Gasteiger partial charge in [0.25, 0.3) is 5.56 Å². The minimum atomic E-state index is -0.819. The summed E-state index contributed by atoms with van der Waals surface area (Å²) in [7, 11) is 0. The molecule has 0 unspecified atom stereocenters. The molecule has 1 amide bonds. The van der Waals surface area contributed by atoms with Crippen molar-refractivity contribution in [1.29, 1.82) is 0 Å². The van der Waals surface area contributed by atoms with Gasteiger partial charge in [0.15, 0.2) is 9.99 Å². The normalized spacial score (nSPS) is 11.1. The number of thiazole rings is 1. The van der Waals surface area contributed by atoms with E-state index < -0.39 is 35.3 Å². The first-order valence-electron chi connectivity index (χ1n) is 9.31. The Bertz CT molecular complexity index is 1460. The number of thioether (sulfide) groups is 1. The number of fused-ring (bicyclic) bond motifs is 1. The number of nitrogens with zero attached hydrogens (tertiary/aromatic N) is 3. The van der Waals surface area contributed by atoms with Gasteiger partial charge in [0.1, 0.15) is 22.9 Å². The molecule has 0 saturated carbocycles. The Kier molecular flexibility index (Phi) is 5.94. The molecule has 7 nitrogen and oxygen atoms in total. The molecule has 0 spiro atoms. The summed E-state index contributed by atoms with van der Waals surface area (Å²) < 4.78 is 30.1. The SMILES string of the molecule is CSc1nc2c(s1)c(=O)n(-c1ccc(C)cc1)c(=O)n2CC(=O)Nc1cc(F)ccc1F. The van der Waals surface area contributed by atoms with Crippen molar-refractivity contribution in [2.75, 3.05) is 11.6 Å². The van der Waals surface area contributed by atoms with E-state index in [1.807, 2.05) is 6.92 Å². The number of hydrogen-bond donors (Lipinski definition) is 1. The number of aryl methyl sites for hydroxylation is 1. The molecule has 0 atom stereocenters. The van der Waals surface area contributed by atoms with E-state index in [0.717, 1.165) is 44.2 Å². The summed E-state index contributed by atoms with van der Waals surface area (Å²) in [5.74, 6) is -2.32. The molecule has 164 valence electrons. The van der Waals surface area contributed by atoms with Crippen LogP contribution in [0.5, 0.6) is 0 Å². The average Bonchev–Trinajstić information content (AvgIpc) is 3.20. The van der Waals surface area contributed by atoms with Gasteiger partial charge in [0.2, 0.25) is 5.91 Å². The smallest absolute Gasteiger partial charge is 0.322 e. The van der Waals surface area contributed by atoms with Gasteiger partial charge in [-0.3, -0.25) is 14.2 Å². The number of amides is 1. The molecule has 0 saturated heterocycles. The number of hydrogen-bond acceptors (Lipinski definition) is 6. The molecule has 2 aromatic carbocycles. The number of rotatable bonds is 5. The van der Waals surface area contributed by atoms with Crippen LogP contribution >= 0.6 is 23.1 Å². The van der Waals surface area contributed by atoms with E-state index in [4.69, 9.17) is 0 Å². The Hall–Kier alpha value is -3.31. The highest BCUT2D eigenvalue weighted by Gasteiger charge is 2.21. The van der Waals surface area contributed by atoms with Gasteiger partial charge in [0, 0.05) is 6.07 Å². The van der Waals surface area contributed by atoms with Crippen molar-refractivity contribution < 1.29 is 13.6 Å². The lowest BCUT2D eigenvalue weighted by Gasteiger charge is -2.12. The Morgan fingerprint density at radius 2 is 1.88 bits per heavy atom. The molecule has 2 heterocycles. The first-order valence-corrected chi connectivity index (χ1v) is 11.3. The van der Waals surface area contributed by atoms with Crippen LogP contribution in [-0.4, -0.2) is 26.3 Å². The maximum Gasteiger partial charge on any atom is 0.337 e. The summed E-state index contributed by atoms with van der Waals surface area (Å²) in [6.07, 6.45) is 1.78. The van der Waals surface area contributed by atoms with Crippen molar-refractivity contribution in [1.82, 2.24) is 14.1 Å². The molecule has 2 aromatic heterocycles. The third kappa shape index (κ3) is 4.08. The Labute approximate surface area is 188 Å². The average molecular weight is 475 g/mol. The van der Waals surface area contributed by atoms with Crippen LogP contribution in [0.4, 0.5) is 14.5 Å². The molecule has 32 heavy (non-hydrogen) atoms. The van der Waals surface area contributed by atoms with Crippen LogP contribution in [0.2, 0.25) is 0 Å². The van der Waals surface area contributed by atoms with Crippen molar-refractivity contribution >= 4 is 45.0 Å². The minimum absolute atomic E-state index is 0.0626. The van der Waals surface area contributed by atoms with Gasteiger partial charge in [-0.25, -0.2) is 23.1 Å². The second-order valence-electron chi connectivity index (χ2n) is 6.85. The van der Waals surface area contributed by atoms with Gasteiger partial charge in [-0.1, -0.05) is 29.5 Å². The number of aromatic nitrogens is 3. The first kappa shape index (κ1) is 21.9. The van der Waals surface area contributed by atoms with Crippen molar-refractivity contribution in [3.63, 3.8) is 0 Å². The van der Waals surface area contributed by atoms with Crippen molar-refractivity contribution in [3.05, 3.63) is 80.5 Å². The third-order valence-corrected chi connectivity index (χ3v) is 6.65.